The average molecular weight is 423 g/mol. The Kier molecular flexibility index (Phi) is 7.65. The largest absolute Gasteiger partial charge is 0.338 e. The molecule has 7 nitrogen and oxygen atoms in total. The summed E-state index contributed by atoms with van der Waals surface area (Å²) in [6.07, 6.45) is 1.49. The van der Waals surface area contributed by atoms with E-state index >= 15 is 0 Å². The summed E-state index contributed by atoms with van der Waals surface area (Å²) in [4.78, 5) is 38.9. The van der Waals surface area contributed by atoms with Gasteiger partial charge in [0.05, 0.1) is 0 Å². The number of benzene rings is 2. The van der Waals surface area contributed by atoms with Gasteiger partial charge in [-0.05, 0) is 35.6 Å². The fraction of sp³-hybridized carbons (Fsp3) is 0.375. The minimum Gasteiger partial charge on any atom is -0.338 e. The highest BCUT2D eigenvalue weighted by atomic mass is 16.2. The number of hydrogen-bond donors (Lipinski definition) is 3. The number of likely N-dealkylation sites (tertiary alicyclic amines) is 1. The van der Waals surface area contributed by atoms with Gasteiger partial charge in [-0.2, -0.15) is 0 Å². The highest BCUT2D eigenvalue weighted by Crippen LogP contribution is 2.18. The molecular weight excluding hydrogens is 392 g/mol. The highest BCUT2D eigenvalue weighted by Gasteiger charge is 2.25. The molecule has 4 amide bonds. The van der Waals surface area contributed by atoms with E-state index in [1.165, 1.54) is 0 Å². The van der Waals surface area contributed by atoms with Crippen LogP contribution in [0.1, 0.15) is 37.8 Å². The molecule has 3 N–H and O–H groups in total. The van der Waals surface area contributed by atoms with E-state index in [1.807, 2.05) is 67.3 Å². The highest BCUT2D eigenvalue weighted by molar-refractivity contribution is 5.97. The van der Waals surface area contributed by atoms with Gasteiger partial charge in [0.1, 0.15) is 6.04 Å². The Morgan fingerprint density at radius 3 is 2.45 bits per heavy atom. The van der Waals surface area contributed by atoms with Crippen LogP contribution in [0.2, 0.25) is 0 Å². The molecule has 0 spiro atoms. The lowest BCUT2D eigenvalue weighted by molar-refractivity contribution is -0.128. The predicted molar refractivity (Wildman–Crippen MR) is 120 cm³/mol. The molecule has 0 bridgehead atoms. The topological polar surface area (TPSA) is 90.5 Å². The van der Waals surface area contributed by atoms with Crippen molar-refractivity contribution in [3.63, 3.8) is 0 Å². The SMILES string of the molecule is CC(C)C(NC(=O)NCc1ccccc1)C(=O)Nc1cccc(CN2CCCC2=O)c1. The molecule has 1 unspecified atom stereocenters. The van der Waals surface area contributed by atoms with E-state index in [-0.39, 0.29) is 23.8 Å². The number of carbonyl (C=O) groups excluding carboxylic acids is 3. The summed E-state index contributed by atoms with van der Waals surface area (Å²) in [5.74, 6) is -0.202. The number of amides is 4. The zero-order valence-electron chi connectivity index (χ0n) is 18.1. The summed E-state index contributed by atoms with van der Waals surface area (Å²) in [6.45, 7) is 5.47. The van der Waals surface area contributed by atoms with E-state index in [0.717, 1.165) is 24.1 Å². The molecule has 0 aromatic heterocycles. The molecule has 1 heterocycles. The normalized spacial score (nSPS) is 14.4. The Labute approximate surface area is 183 Å². The van der Waals surface area contributed by atoms with E-state index in [0.29, 0.717) is 25.2 Å². The maximum atomic E-state index is 12.9. The molecule has 1 saturated heterocycles. The van der Waals surface area contributed by atoms with Gasteiger partial charge in [0.2, 0.25) is 11.8 Å². The van der Waals surface area contributed by atoms with Crippen LogP contribution < -0.4 is 16.0 Å². The summed E-state index contributed by atoms with van der Waals surface area (Å²) >= 11 is 0. The predicted octanol–water partition coefficient (Wildman–Crippen LogP) is 3.27. The molecule has 31 heavy (non-hydrogen) atoms. The molecule has 1 aliphatic heterocycles. The number of nitrogens with one attached hydrogen (secondary N) is 3. The van der Waals surface area contributed by atoms with Gasteiger partial charge >= 0.3 is 6.03 Å². The van der Waals surface area contributed by atoms with E-state index in [1.54, 1.807) is 6.07 Å². The molecule has 0 aliphatic carbocycles. The molecule has 1 fully saturated rings. The minimum atomic E-state index is -0.681. The van der Waals surface area contributed by atoms with Gasteiger partial charge in [0, 0.05) is 31.7 Å². The van der Waals surface area contributed by atoms with Gasteiger partial charge in [0.15, 0.2) is 0 Å². The second-order valence-corrected chi connectivity index (χ2v) is 8.14. The van der Waals surface area contributed by atoms with E-state index in [9.17, 15) is 14.4 Å². The van der Waals surface area contributed by atoms with Crippen LogP contribution in [0.25, 0.3) is 0 Å². The number of carbonyl (C=O) groups is 3. The maximum Gasteiger partial charge on any atom is 0.315 e. The van der Waals surface area contributed by atoms with Crippen molar-refractivity contribution in [1.29, 1.82) is 0 Å². The molecule has 3 rings (SSSR count). The van der Waals surface area contributed by atoms with Crippen molar-refractivity contribution >= 4 is 23.5 Å². The monoisotopic (exact) mass is 422 g/mol. The molecule has 2 aromatic rings. The zero-order chi connectivity index (χ0) is 22.2. The second kappa shape index (κ2) is 10.6. The molecular formula is C24H30N4O3. The van der Waals surface area contributed by atoms with Crippen LogP contribution in [0.4, 0.5) is 10.5 Å². The first-order valence-corrected chi connectivity index (χ1v) is 10.7. The Morgan fingerprint density at radius 1 is 1.03 bits per heavy atom. The van der Waals surface area contributed by atoms with Gasteiger partial charge in [-0.15, -0.1) is 0 Å². The molecule has 1 aliphatic rings. The third kappa shape index (κ3) is 6.57. The summed E-state index contributed by atoms with van der Waals surface area (Å²) < 4.78 is 0. The van der Waals surface area contributed by atoms with Gasteiger partial charge in [0.25, 0.3) is 0 Å². The molecule has 0 radical (unpaired) electrons. The lowest BCUT2D eigenvalue weighted by Gasteiger charge is -2.22. The first-order valence-electron chi connectivity index (χ1n) is 10.7. The lowest BCUT2D eigenvalue weighted by atomic mass is 10.0. The van der Waals surface area contributed by atoms with Gasteiger partial charge in [-0.1, -0.05) is 56.3 Å². The molecule has 7 heteroatoms. The summed E-state index contributed by atoms with van der Waals surface area (Å²) in [5.41, 5.74) is 2.59. The third-order valence-electron chi connectivity index (χ3n) is 5.27. The molecule has 164 valence electrons. The van der Waals surface area contributed by atoms with E-state index in [2.05, 4.69) is 16.0 Å². The fourth-order valence-electron chi connectivity index (χ4n) is 3.56. The number of anilines is 1. The number of hydrogen-bond acceptors (Lipinski definition) is 3. The number of rotatable bonds is 8. The summed E-state index contributed by atoms with van der Waals surface area (Å²) in [6, 6.07) is 16.0. The van der Waals surface area contributed by atoms with Crippen LogP contribution >= 0.6 is 0 Å². The van der Waals surface area contributed by atoms with Crippen LogP contribution in [-0.2, 0) is 22.7 Å². The van der Waals surface area contributed by atoms with Gasteiger partial charge in [-0.25, -0.2) is 4.79 Å². The average Bonchev–Trinajstić information content (AvgIpc) is 3.15. The van der Waals surface area contributed by atoms with E-state index < -0.39 is 6.04 Å². The fourth-order valence-corrected chi connectivity index (χ4v) is 3.56. The van der Waals surface area contributed by atoms with Crippen LogP contribution in [0.15, 0.2) is 54.6 Å². The van der Waals surface area contributed by atoms with Crippen molar-refractivity contribution in [1.82, 2.24) is 15.5 Å². The van der Waals surface area contributed by atoms with Crippen molar-refractivity contribution in [2.45, 2.75) is 45.8 Å². The Balaban J connectivity index is 1.56. The van der Waals surface area contributed by atoms with Crippen molar-refractivity contribution < 1.29 is 14.4 Å². The Hall–Kier alpha value is -3.35. The van der Waals surface area contributed by atoms with Crippen LogP contribution in [0, 0.1) is 5.92 Å². The van der Waals surface area contributed by atoms with Crippen LogP contribution in [-0.4, -0.2) is 35.3 Å². The van der Waals surface area contributed by atoms with Crippen LogP contribution in [0.5, 0.6) is 0 Å². The van der Waals surface area contributed by atoms with Crippen molar-refractivity contribution in [3.05, 3.63) is 65.7 Å². The second-order valence-electron chi connectivity index (χ2n) is 8.14. The smallest absolute Gasteiger partial charge is 0.315 e. The molecule has 2 aromatic carbocycles. The maximum absolute atomic E-state index is 12.9. The standard InChI is InChI=1S/C24H30N4O3/c1-17(2)22(27-24(31)25-15-18-8-4-3-5-9-18)23(30)26-20-11-6-10-19(14-20)16-28-13-7-12-21(28)29/h3-6,8-11,14,17,22H,7,12-13,15-16H2,1-2H3,(H,26,30)(H2,25,27,31). The van der Waals surface area contributed by atoms with Crippen molar-refractivity contribution in [2.24, 2.45) is 5.92 Å². The first-order chi connectivity index (χ1) is 14.9. The zero-order valence-corrected chi connectivity index (χ0v) is 18.1. The third-order valence-corrected chi connectivity index (χ3v) is 5.27. The van der Waals surface area contributed by atoms with Crippen molar-refractivity contribution in [3.8, 4) is 0 Å². The Bertz CT molecular complexity index is 914. The van der Waals surface area contributed by atoms with Crippen molar-refractivity contribution in [2.75, 3.05) is 11.9 Å². The molecule has 0 saturated carbocycles. The Morgan fingerprint density at radius 2 is 1.77 bits per heavy atom. The van der Waals surface area contributed by atoms with Gasteiger partial charge in [-0.3, -0.25) is 9.59 Å². The first kappa shape index (κ1) is 22.3. The van der Waals surface area contributed by atoms with E-state index in [4.69, 9.17) is 0 Å². The van der Waals surface area contributed by atoms with Crippen LogP contribution in [0.3, 0.4) is 0 Å². The quantitative estimate of drug-likeness (QED) is 0.610. The molecule has 1 atom stereocenters. The number of nitrogens with zero attached hydrogens (tertiary/aromatic N) is 1. The lowest BCUT2D eigenvalue weighted by Crippen LogP contribution is -2.50. The minimum absolute atomic E-state index is 0.0899. The van der Waals surface area contributed by atoms with Gasteiger partial charge < -0.3 is 20.9 Å². The summed E-state index contributed by atoms with van der Waals surface area (Å²) in [7, 11) is 0. The number of urea groups is 1. The summed E-state index contributed by atoms with van der Waals surface area (Å²) in [5, 5.41) is 8.45.